The Morgan fingerprint density at radius 3 is 1.08 bits per heavy atom. The van der Waals surface area contributed by atoms with E-state index in [2.05, 4.69) is 16.0 Å². The second kappa shape index (κ2) is 15.6. The molecule has 3 amide bonds. The lowest BCUT2D eigenvalue weighted by molar-refractivity contribution is -0.165. The van der Waals surface area contributed by atoms with Gasteiger partial charge in [-0.15, -0.1) is 0 Å². The Kier molecular flexibility index (Phi) is 14.1. The lowest BCUT2D eigenvalue weighted by atomic mass is 10.2. The van der Waals surface area contributed by atoms with Gasteiger partial charge in [-0.25, -0.2) is 14.4 Å². The van der Waals surface area contributed by atoms with Crippen LogP contribution in [0, 0.1) is 0 Å². The first-order valence-electron chi connectivity index (χ1n) is 12.1. The molecule has 15 heteroatoms. The van der Waals surface area contributed by atoms with Gasteiger partial charge in [0.25, 0.3) is 0 Å². The standard InChI is InChI=1S/C24H41N3O12/c1-22(2,3)37-19(31)25-10-16(28)34-13-15(36-18(30)12-27-21(33)39-24(7,8)9)14-35-17(29)11-26-20(32)38-23(4,5)6/h15H,10-14H2,1-9H3,(H,25,31)(H,26,32)(H,27,33). The van der Waals surface area contributed by atoms with Crippen LogP contribution in [0.25, 0.3) is 0 Å². The fourth-order valence-corrected chi connectivity index (χ4v) is 2.19. The van der Waals surface area contributed by atoms with Crippen LogP contribution in [-0.2, 0) is 42.8 Å². The molecule has 0 radical (unpaired) electrons. The summed E-state index contributed by atoms with van der Waals surface area (Å²) in [6, 6.07) is 0. The van der Waals surface area contributed by atoms with Crippen LogP contribution in [0.5, 0.6) is 0 Å². The first-order chi connectivity index (χ1) is 17.6. The molecule has 3 N–H and O–H groups in total. The minimum atomic E-state index is -1.28. The Hall–Kier alpha value is -3.78. The van der Waals surface area contributed by atoms with Crippen molar-refractivity contribution in [3.63, 3.8) is 0 Å². The summed E-state index contributed by atoms with van der Waals surface area (Å²) in [5, 5.41) is 6.61. The second-order valence-electron chi connectivity index (χ2n) is 11.0. The lowest BCUT2D eigenvalue weighted by Crippen LogP contribution is -2.40. The number of ether oxygens (including phenoxy) is 6. The topological polar surface area (TPSA) is 194 Å². The summed E-state index contributed by atoms with van der Waals surface area (Å²) >= 11 is 0. The molecule has 0 unspecified atom stereocenters. The van der Waals surface area contributed by atoms with Gasteiger partial charge >= 0.3 is 36.2 Å². The molecule has 0 heterocycles. The van der Waals surface area contributed by atoms with Gasteiger partial charge in [0, 0.05) is 0 Å². The van der Waals surface area contributed by atoms with Gasteiger partial charge in [-0.2, -0.15) is 0 Å². The van der Waals surface area contributed by atoms with Gasteiger partial charge in [0.1, 0.15) is 49.7 Å². The predicted molar refractivity (Wildman–Crippen MR) is 135 cm³/mol. The van der Waals surface area contributed by atoms with E-state index in [1.165, 1.54) is 0 Å². The van der Waals surface area contributed by atoms with Crippen LogP contribution < -0.4 is 16.0 Å². The molecular weight excluding hydrogens is 522 g/mol. The highest BCUT2D eigenvalue weighted by atomic mass is 16.6. The van der Waals surface area contributed by atoms with Crippen molar-refractivity contribution in [3.05, 3.63) is 0 Å². The number of rotatable bonds is 11. The number of hydrogen-bond donors (Lipinski definition) is 3. The highest BCUT2D eigenvalue weighted by Gasteiger charge is 2.23. The molecule has 0 spiro atoms. The van der Waals surface area contributed by atoms with Crippen LogP contribution >= 0.6 is 0 Å². The molecule has 0 atom stereocenters. The van der Waals surface area contributed by atoms with E-state index in [0.29, 0.717) is 0 Å². The maximum absolute atomic E-state index is 12.2. The van der Waals surface area contributed by atoms with Crippen molar-refractivity contribution in [2.75, 3.05) is 32.8 Å². The smallest absolute Gasteiger partial charge is 0.408 e. The quantitative estimate of drug-likeness (QED) is 0.243. The van der Waals surface area contributed by atoms with Crippen LogP contribution in [0.2, 0.25) is 0 Å². The fourth-order valence-electron chi connectivity index (χ4n) is 2.19. The summed E-state index contributed by atoms with van der Waals surface area (Å²) in [6.45, 7) is 12.0. The molecule has 0 fully saturated rings. The van der Waals surface area contributed by atoms with Crippen LogP contribution in [-0.4, -0.2) is 91.9 Å². The Morgan fingerprint density at radius 2 is 0.795 bits per heavy atom. The summed E-state index contributed by atoms with van der Waals surface area (Å²) in [4.78, 5) is 71.3. The lowest BCUT2D eigenvalue weighted by Gasteiger charge is -2.21. The molecule has 0 aliphatic heterocycles. The van der Waals surface area contributed by atoms with E-state index in [0.717, 1.165) is 0 Å². The van der Waals surface area contributed by atoms with Gasteiger partial charge in [0.15, 0.2) is 6.10 Å². The highest BCUT2D eigenvalue weighted by Crippen LogP contribution is 2.08. The van der Waals surface area contributed by atoms with Gasteiger partial charge in [-0.05, 0) is 62.3 Å². The average molecular weight is 564 g/mol. The van der Waals surface area contributed by atoms with E-state index in [1.54, 1.807) is 62.3 Å². The maximum atomic E-state index is 12.2. The molecule has 224 valence electrons. The number of esters is 3. The minimum absolute atomic E-state index is 0.546. The molecule has 0 saturated carbocycles. The van der Waals surface area contributed by atoms with Crippen molar-refractivity contribution < 1.29 is 57.2 Å². The number of nitrogens with one attached hydrogen (secondary N) is 3. The van der Waals surface area contributed by atoms with Crippen LogP contribution in [0.3, 0.4) is 0 Å². The molecule has 0 bridgehead atoms. The minimum Gasteiger partial charge on any atom is -0.460 e. The van der Waals surface area contributed by atoms with E-state index < -0.39 is 91.9 Å². The van der Waals surface area contributed by atoms with Crippen molar-refractivity contribution in [1.82, 2.24) is 16.0 Å². The monoisotopic (exact) mass is 563 g/mol. The number of hydrogen-bond acceptors (Lipinski definition) is 12. The molecule has 0 rings (SSSR count). The third-order valence-corrected chi connectivity index (χ3v) is 3.49. The van der Waals surface area contributed by atoms with Gasteiger partial charge in [0.2, 0.25) is 0 Å². The van der Waals surface area contributed by atoms with E-state index in [-0.39, 0.29) is 0 Å². The number of carbonyl (C=O) groups excluding carboxylic acids is 6. The maximum Gasteiger partial charge on any atom is 0.408 e. The highest BCUT2D eigenvalue weighted by molar-refractivity contribution is 5.79. The third kappa shape index (κ3) is 22.0. The zero-order chi connectivity index (χ0) is 30.4. The molecule has 0 aliphatic carbocycles. The Morgan fingerprint density at radius 1 is 0.513 bits per heavy atom. The van der Waals surface area contributed by atoms with Crippen molar-refractivity contribution >= 4 is 36.2 Å². The Labute approximate surface area is 227 Å². The Bertz CT molecular complexity index is 821. The average Bonchev–Trinajstić information content (AvgIpc) is 2.73. The summed E-state index contributed by atoms with van der Waals surface area (Å²) in [5.41, 5.74) is -2.34. The normalized spacial score (nSPS) is 11.5. The van der Waals surface area contributed by atoms with Crippen LogP contribution in [0.15, 0.2) is 0 Å². The second-order valence-corrected chi connectivity index (χ2v) is 11.0. The van der Waals surface area contributed by atoms with Crippen molar-refractivity contribution in [3.8, 4) is 0 Å². The van der Waals surface area contributed by atoms with Gasteiger partial charge in [-0.1, -0.05) is 0 Å². The molecule has 0 aromatic carbocycles. The third-order valence-electron chi connectivity index (χ3n) is 3.49. The predicted octanol–water partition coefficient (Wildman–Crippen LogP) is 1.56. The number of carbonyl (C=O) groups is 6. The summed E-state index contributed by atoms with van der Waals surface area (Å²) < 4.78 is 30.1. The largest absolute Gasteiger partial charge is 0.460 e. The summed E-state index contributed by atoms with van der Waals surface area (Å²) in [6.07, 6.45) is -3.84. The van der Waals surface area contributed by atoms with E-state index >= 15 is 0 Å². The number of amides is 3. The van der Waals surface area contributed by atoms with E-state index in [1.807, 2.05) is 0 Å². The summed E-state index contributed by atoms with van der Waals surface area (Å²) in [7, 11) is 0. The first kappa shape index (κ1) is 35.2. The molecule has 0 saturated heterocycles. The molecule has 0 aromatic rings. The molecule has 0 aromatic heterocycles. The SMILES string of the molecule is CC(C)(C)OC(=O)NCC(=O)OCC(COC(=O)CNC(=O)OC(C)(C)C)OC(=O)CNC(=O)OC(C)(C)C. The van der Waals surface area contributed by atoms with Crippen molar-refractivity contribution in [1.29, 1.82) is 0 Å². The van der Waals surface area contributed by atoms with Gasteiger partial charge < -0.3 is 44.4 Å². The first-order valence-corrected chi connectivity index (χ1v) is 12.1. The van der Waals surface area contributed by atoms with E-state index in [4.69, 9.17) is 28.4 Å². The zero-order valence-electron chi connectivity index (χ0n) is 24.0. The summed E-state index contributed by atoms with van der Waals surface area (Å²) in [5.74, 6) is -2.74. The van der Waals surface area contributed by atoms with Gasteiger partial charge in [-0.3, -0.25) is 14.4 Å². The van der Waals surface area contributed by atoms with Crippen LogP contribution in [0.1, 0.15) is 62.3 Å². The van der Waals surface area contributed by atoms with Crippen LogP contribution in [0.4, 0.5) is 14.4 Å². The van der Waals surface area contributed by atoms with Crippen molar-refractivity contribution in [2.45, 2.75) is 85.2 Å². The zero-order valence-corrected chi connectivity index (χ0v) is 24.0. The fraction of sp³-hybridized carbons (Fsp3) is 0.750. The molecule has 39 heavy (non-hydrogen) atoms. The van der Waals surface area contributed by atoms with Crippen molar-refractivity contribution in [2.24, 2.45) is 0 Å². The molecule has 0 aliphatic rings. The number of alkyl carbamates (subject to hydrolysis) is 3. The van der Waals surface area contributed by atoms with Gasteiger partial charge in [0.05, 0.1) is 0 Å². The Balaban J connectivity index is 4.91. The molecular formula is C24H41N3O12. The molecule has 15 nitrogen and oxygen atoms in total. The van der Waals surface area contributed by atoms with E-state index in [9.17, 15) is 28.8 Å².